The number of hydrogen-bond acceptors (Lipinski definition) is 4. The molecule has 1 aliphatic heterocycles. The van der Waals surface area contributed by atoms with Gasteiger partial charge in [-0.05, 0) is 25.0 Å². The van der Waals surface area contributed by atoms with Gasteiger partial charge in [-0.15, -0.1) is 0 Å². The van der Waals surface area contributed by atoms with Crippen molar-refractivity contribution in [3.8, 4) is 0 Å². The predicted molar refractivity (Wildman–Crippen MR) is 70.4 cm³/mol. The van der Waals surface area contributed by atoms with Crippen molar-refractivity contribution in [3.05, 3.63) is 29.3 Å². The highest BCUT2D eigenvalue weighted by molar-refractivity contribution is 7.89. The van der Waals surface area contributed by atoms with Crippen LogP contribution in [0.2, 0.25) is 5.02 Å². The second-order valence-corrected chi connectivity index (χ2v) is 6.49. The van der Waals surface area contributed by atoms with Gasteiger partial charge in [0.25, 0.3) is 0 Å². The molecule has 104 valence electrons. The molecule has 1 aromatic rings. The fourth-order valence-electron chi connectivity index (χ4n) is 2.18. The first kappa shape index (κ1) is 14.3. The van der Waals surface area contributed by atoms with Crippen molar-refractivity contribution < 1.29 is 17.9 Å². The Hall–Kier alpha value is -1.11. The Morgan fingerprint density at radius 1 is 1.42 bits per heavy atom. The Morgan fingerprint density at radius 3 is 2.74 bits per heavy atom. The number of benzene rings is 1. The molecular formula is C12H14ClNO4S. The number of nitrogens with zero attached hydrogens (tertiary/aromatic N) is 1. The minimum atomic E-state index is -3.77. The molecule has 0 N–H and O–H groups in total. The van der Waals surface area contributed by atoms with Crippen molar-refractivity contribution in [2.75, 3.05) is 13.7 Å². The van der Waals surface area contributed by atoms with Gasteiger partial charge in [-0.25, -0.2) is 8.42 Å². The topological polar surface area (TPSA) is 63.7 Å². The Labute approximate surface area is 117 Å². The first-order valence-corrected chi connectivity index (χ1v) is 7.64. The van der Waals surface area contributed by atoms with Crippen LogP contribution in [-0.4, -0.2) is 38.4 Å². The summed E-state index contributed by atoms with van der Waals surface area (Å²) >= 11 is 5.93. The monoisotopic (exact) mass is 303 g/mol. The highest BCUT2D eigenvalue weighted by Crippen LogP contribution is 2.30. The molecule has 0 spiro atoms. The van der Waals surface area contributed by atoms with Crippen LogP contribution in [0.15, 0.2) is 29.2 Å². The molecule has 5 nitrogen and oxygen atoms in total. The molecule has 0 bridgehead atoms. The van der Waals surface area contributed by atoms with Gasteiger partial charge in [-0.1, -0.05) is 23.7 Å². The van der Waals surface area contributed by atoms with E-state index in [0.29, 0.717) is 19.4 Å². The van der Waals surface area contributed by atoms with Gasteiger partial charge in [0.2, 0.25) is 10.0 Å². The average molecular weight is 304 g/mol. The van der Waals surface area contributed by atoms with Crippen molar-refractivity contribution in [2.24, 2.45) is 0 Å². The van der Waals surface area contributed by atoms with Crippen molar-refractivity contribution >= 4 is 27.6 Å². The van der Waals surface area contributed by atoms with Crippen molar-refractivity contribution in [1.82, 2.24) is 4.31 Å². The molecule has 1 fully saturated rings. The average Bonchev–Trinajstić information content (AvgIpc) is 2.88. The summed E-state index contributed by atoms with van der Waals surface area (Å²) < 4.78 is 30.9. The van der Waals surface area contributed by atoms with Crippen LogP contribution in [-0.2, 0) is 19.6 Å². The van der Waals surface area contributed by atoms with E-state index in [1.807, 2.05) is 0 Å². The number of rotatable bonds is 3. The minimum Gasteiger partial charge on any atom is -0.468 e. The molecule has 0 radical (unpaired) electrons. The first-order valence-electron chi connectivity index (χ1n) is 5.82. The van der Waals surface area contributed by atoms with E-state index in [1.54, 1.807) is 12.1 Å². The largest absolute Gasteiger partial charge is 0.468 e. The van der Waals surface area contributed by atoms with E-state index in [-0.39, 0.29) is 9.92 Å². The molecule has 1 aromatic carbocycles. The van der Waals surface area contributed by atoms with Gasteiger partial charge in [-0.2, -0.15) is 4.31 Å². The van der Waals surface area contributed by atoms with E-state index >= 15 is 0 Å². The van der Waals surface area contributed by atoms with Crippen molar-refractivity contribution in [3.63, 3.8) is 0 Å². The number of carbonyl (C=O) groups is 1. The number of esters is 1. The molecule has 0 amide bonds. The van der Waals surface area contributed by atoms with Crippen LogP contribution in [0.5, 0.6) is 0 Å². The molecule has 1 heterocycles. The lowest BCUT2D eigenvalue weighted by molar-refractivity contribution is -0.144. The maximum atomic E-state index is 12.5. The Kier molecular flexibility index (Phi) is 4.13. The summed E-state index contributed by atoms with van der Waals surface area (Å²) in [6.07, 6.45) is 1.10. The molecule has 0 aromatic heterocycles. The van der Waals surface area contributed by atoms with Gasteiger partial charge in [0.1, 0.15) is 10.9 Å². The molecule has 0 saturated carbocycles. The predicted octanol–water partition coefficient (Wildman–Crippen LogP) is 1.67. The second-order valence-electron chi connectivity index (χ2n) is 4.23. The molecule has 1 aliphatic rings. The van der Waals surface area contributed by atoms with Gasteiger partial charge in [0.15, 0.2) is 0 Å². The van der Waals surface area contributed by atoms with E-state index in [4.69, 9.17) is 11.6 Å². The summed E-state index contributed by atoms with van der Waals surface area (Å²) in [6, 6.07) is 5.44. The van der Waals surface area contributed by atoms with Gasteiger partial charge in [0.05, 0.1) is 12.1 Å². The van der Waals surface area contributed by atoms with Crippen LogP contribution in [0.4, 0.5) is 0 Å². The van der Waals surface area contributed by atoms with E-state index in [1.165, 1.54) is 23.5 Å². The standard InChI is InChI=1S/C12H14ClNO4S/c1-18-12(15)10-6-4-8-14(10)19(16,17)11-7-3-2-5-9(11)13/h2-3,5,7,10H,4,6,8H2,1H3. The lowest BCUT2D eigenvalue weighted by Gasteiger charge is -2.22. The number of ether oxygens (including phenoxy) is 1. The van der Waals surface area contributed by atoms with Crippen LogP contribution in [0.3, 0.4) is 0 Å². The maximum Gasteiger partial charge on any atom is 0.324 e. The number of hydrogen-bond donors (Lipinski definition) is 0. The normalized spacial score (nSPS) is 20.4. The maximum absolute atomic E-state index is 12.5. The molecule has 1 unspecified atom stereocenters. The highest BCUT2D eigenvalue weighted by atomic mass is 35.5. The summed E-state index contributed by atoms with van der Waals surface area (Å²) in [5.74, 6) is -0.534. The number of sulfonamides is 1. The van der Waals surface area contributed by atoms with Crippen LogP contribution < -0.4 is 0 Å². The molecule has 7 heteroatoms. The lowest BCUT2D eigenvalue weighted by atomic mass is 10.2. The Morgan fingerprint density at radius 2 is 2.11 bits per heavy atom. The highest BCUT2D eigenvalue weighted by Gasteiger charge is 2.40. The Bertz CT molecular complexity index is 587. The van der Waals surface area contributed by atoms with Gasteiger partial charge in [0, 0.05) is 6.54 Å². The summed E-state index contributed by atoms with van der Waals surface area (Å²) in [5, 5.41) is 0.151. The van der Waals surface area contributed by atoms with E-state index in [9.17, 15) is 13.2 Å². The van der Waals surface area contributed by atoms with E-state index < -0.39 is 22.0 Å². The quantitative estimate of drug-likeness (QED) is 0.797. The fourth-order valence-corrected chi connectivity index (χ4v) is 4.32. The zero-order valence-corrected chi connectivity index (χ0v) is 11.9. The molecule has 1 saturated heterocycles. The van der Waals surface area contributed by atoms with Gasteiger partial charge >= 0.3 is 5.97 Å². The van der Waals surface area contributed by atoms with Gasteiger partial charge in [-0.3, -0.25) is 4.79 Å². The minimum absolute atomic E-state index is 0.0208. The molecular weight excluding hydrogens is 290 g/mol. The molecule has 0 aliphatic carbocycles. The summed E-state index contributed by atoms with van der Waals surface area (Å²) in [6.45, 7) is 0.299. The third-order valence-electron chi connectivity index (χ3n) is 3.10. The van der Waals surface area contributed by atoms with Crippen LogP contribution in [0.25, 0.3) is 0 Å². The van der Waals surface area contributed by atoms with Crippen LogP contribution in [0.1, 0.15) is 12.8 Å². The second kappa shape index (κ2) is 5.48. The van der Waals surface area contributed by atoms with Crippen LogP contribution in [0, 0.1) is 0 Å². The summed E-state index contributed by atoms with van der Waals surface area (Å²) in [4.78, 5) is 11.6. The van der Waals surface area contributed by atoms with E-state index in [2.05, 4.69) is 4.74 Å². The summed E-state index contributed by atoms with van der Waals surface area (Å²) in [5.41, 5.74) is 0. The number of halogens is 1. The van der Waals surface area contributed by atoms with Crippen LogP contribution >= 0.6 is 11.6 Å². The zero-order chi connectivity index (χ0) is 14.0. The molecule has 1 atom stereocenters. The third-order valence-corrected chi connectivity index (χ3v) is 5.51. The third kappa shape index (κ3) is 2.61. The van der Waals surface area contributed by atoms with Crippen molar-refractivity contribution in [1.29, 1.82) is 0 Å². The summed E-state index contributed by atoms with van der Waals surface area (Å²) in [7, 11) is -2.52. The molecule has 19 heavy (non-hydrogen) atoms. The fraction of sp³-hybridized carbons (Fsp3) is 0.417. The SMILES string of the molecule is COC(=O)C1CCCN1S(=O)(=O)c1ccccc1Cl. The van der Waals surface area contributed by atoms with E-state index in [0.717, 1.165) is 0 Å². The smallest absolute Gasteiger partial charge is 0.324 e. The number of methoxy groups -OCH3 is 1. The lowest BCUT2D eigenvalue weighted by Crippen LogP contribution is -2.41. The zero-order valence-electron chi connectivity index (χ0n) is 10.4. The van der Waals surface area contributed by atoms with Crippen molar-refractivity contribution in [2.45, 2.75) is 23.8 Å². The molecule has 2 rings (SSSR count). The van der Waals surface area contributed by atoms with Gasteiger partial charge < -0.3 is 4.74 Å². The first-order chi connectivity index (χ1) is 8.98. The Balaban J connectivity index is 2.40. The number of carbonyl (C=O) groups excluding carboxylic acids is 1.